The van der Waals surface area contributed by atoms with Gasteiger partial charge >= 0.3 is 5.97 Å². The number of methoxy groups -OCH3 is 1. The molecule has 0 fully saturated rings. The molecule has 1 aliphatic rings. The van der Waals surface area contributed by atoms with Gasteiger partial charge < -0.3 is 19.9 Å². The first kappa shape index (κ1) is 20.5. The second kappa shape index (κ2) is 8.52. The zero-order valence-electron chi connectivity index (χ0n) is 17.5. The third kappa shape index (κ3) is 3.47. The highest BCUT2D eigenvalue weighted by molar-refractivity contribution is 7.21. The molecule has 1 aliphatic carbocycles. The van der Waals surface area contributed by atoms with Gasteiger partial charge in [0.2, 0.25) is 0 Å². The van der Waals surface area contributed by atoms with Crippen LogP contribution in [-0.4, -0.2) is 31.3 Å². The van der Waals surface area contributed by atoms with Crippen molar-refractivity contribution in [2.75, 3.05) is 26.1 Å². The summed E-state index contributed by atoms with van der Waals surface area (Å²) in [5.74, 6) is 0.975. The number of carbonyl (C=O) groups excluding carboxylic acids is 1. The Hall–Kier alpha value is -2.80. The lowest BCUT2D eigenvalue weighted by molar-refractivity contribution is 0.0533. The van der Waals surface area contributed by atoms with Gasteiger partial charge in [-0.3, -0.25) is 0 Å². The fourth-order valence-corrected chi connectivity index (χ4v) is 5.09. The van der Waals surface area contributed by atoms with Crippen LogP contribution in [0.5, 0.6) is 11.5 Å². The molecule has 0 saturated carbocycles. The van der Waals surface area contributed by atoms with Gasteiger partial charge in [0.05, 0.1) is 26.0 Å². The molecule has 158 valence electrons. The van der Waals surface area contributed by atoms with Crippen LogP contribution in [0.1, 0.15) is 47.6 Å². The molecule has 30 heavy (non-hydrogen) atoms. The molecule has 0 bridgehead atoms. The molecule has 0 aliphatic heterocycles. The molecule has 2 aromatic heterocycles. The minimum atomic E-state index is -0.397. The van der Waals surface area contributed by atoms with E-state index in [0.717, 1.165) is 52.7 Å². The standard InChI is InChI=1S/C23H26N2O4S/c1-4-28-16-11-10-13(12-17(16)27-3)18-14-8-6-7-9-15(14)25-22-19(18)20(24)21(30-22)23(26)29-5-2/h10-12H,4-9,24H2,1-3H3. The highest BCUT2D eigenvalue weighted by Crippen LogP contribution is 2.45. The van der Waals surface area contributed by atoms with E-state index in [2.05, 4.69) is 0 Å². The number of nitrogens with two attached hydrogens (primary N) is 1. The van der Waals surface area contributed by atoms with Crippen molar-refractivity contribution in [3.8, 4) is 22.6 Å². The number of aromatic nitrogens is 1. The first-order chi connectivity index (χ1) is 14.6. The third-order valence-corrected chi connectivity index (χ3v) is 6.45. The zero-order chi connectivity index (χ0) is 21.3. The number of nitrogen functional groups attached to an aromatic ring is 1. The Morgan fingerprint density at radius 2 is 1.97 bits per heavy atom. The Labute approximate surface area is 180 Å². The fraction of sp³-hybridized carbons (Fsp3) is 0.391. The topological polar surface area (TPSA) is 83.7 Å². The molecule has 0 atom stereocenters. The van der Waals surface area contributed by atoms with Crippen molar-refractivity contribution in [1.82, 2.24) is 4.98 Å². The summed E-state index contributed by atoms with van der Waals surface area (Å²) in [5, 5.41) is 0.829. The minimum absolute atomic E-state index is 0.305. The van der Waals surface area contributed by atoms with Crippen LogP contribution >= 0.6 is 11.3 Å². The Kier molecular flexibility index (Phi) is 5.81. The second-order valence-corrected chi connectivity index (χ2v) is 8.16. The van der Waals surface area contributed by atoms with Crippen LogP contribution in [0.25, 0.3) is 21.3 Å². The van der Waals surface area contributed by atoms with Crippen LogP contribution in [0.15, 0.2) is 18.2 Å². The maximum Gasteiger partial charge on any atom is 0.350 e. The summed E-state index contributed by atoms with van der Waals surface area (Å²) in [6.45, 7) is 4.60. The number of benzene rings is 1. The summed E-state index contributed by atoms with van der Waals surface area (Å²) in [4.78, 5) is 18.5. The predicted molar refractivity (Wildman–Crippen MR) is 120 cm³/mol. The van der Waals surface area contributed by atoms with Gasteiger partial charge in [0.15, 0.2) is 11.5 Å². The lowest BCUT2D eigenvalue weighted by Gasteiger charge is -2.21. The maximum absolute atomic E-state index is 12.5. The largest absolute Gasteiger partial charge is 0.493 e. The second-order valence-electron chi connectivity index (χ2n) is 7.16. The number of rotatable bonds is 6. The Balaban J connectivity index is 1.99. The van der Waals surface area contributed by atoms with Crippen LogP contribution in [0.2, 0.25) is 0 Å². The number of esters is 1. The van der Waals surface area contributed by atoms with Crippen molar-refractivity contribution in [1.29, 1.82) is 0 Å². The van der Waals surface area contributed by atoms with E-state index >= 15 is 0 Å². The van der Waals surface area contributed by atoms with E-state index in [1.165, 1.54) is 16.9 Å². The van der Waals surface area contributed by atoms with E-state index in [1.807, 2.05) is 25.1 Å². The monoisotopic (exact) mass is 426 g/mol. The molecule has 0 spiro atoms. The molecule has 0 radical (unpaired) electrons. The van der Waals surface area contributed by atoms with Crippen LogP contribution in [0, 0.1) is 0 Å². The Morgan fingerprint density at radius 1 is 1.17 bits per heavy atom. The quantitative estimate of drug-likeness (QED) is 0.558. The first-order valence-electron chi connectivity index (χ1n) is 10.3. The highest BCUT2D eigenvalue weighted by Gasteiger charge is 2.26. The molecule has 4 rings (SSSR count). The molecule has 1 aromatic carbocycles. The van der Waals surface area contributed by atoms with Gasteiger partial charge in [-0.25, -0.2) is 9.78 Å². The summed E-state index contributed by atoms with van der Waals surface area (Å²) < 4.78 is 16.5. The van der Waals surface area contributed by atoms with E-state index in [0.29, 0.717) is 35.3 Å². The summed E-state index contributed by atoms with van der Waals surface area (Å²) in [6.07, 6.45) is 4.09. The van der Waals surface area contributed by atoms with Crippen LogP contribution in [0.4, 0.5) is 5.69 Å². The van der Waals surface area contributed by atoms with Crippen molar-refractivity contribution >= 4 is 33.2 Å². The summed E-state index contributed by atoms with van der Waals surface area (Å²) in [7, 11) is 1.64. The first-order valence-corrected chi connectivity index (χ1v) is 11.1. The van der Waals surface area contributed by atoms with Crippen molar-refractivity contribution in [2.45, 2.75) is 39.5 Å². The normalized spacial score (nSPS) is 13.2. The number of carbonyl (C=O) groups is 1. The average molecular weight is 427 g/mol. The lowest BCUT2D eigenvalue weighted by Crippen LogP contribution is -2.08. The average Bonchev–Trinajstić information content (AvgIpc) is 3.09. The molecule has 0 unspecified atom stereocenters. The summed E-state index contributed by atoms with van der Waals surface area (Å²) in [5.41, 5.74) is 11.3. The molecule has 3 aromatic rings. The number of pyridine rings is 1. The maximum atomic E-state index is 12.5. The number of hydrogen-bond acceptors (Lipinski definition) is 7. The molecule has 2 heterocycles. The number of nitrogens with zero attached hydrogens (tertiary/aromatic N) is 1. The summed E-state index contributed by atoms with van der Waals surface area (Å²) >= 11 is 1.31. The number of fused-ring (bicyclic) bond motifs is 2. The minimum Gasteiger partial charge on any atom is -0.493 e. The fourth-order valence-electron chi connectivity index (χ4n) is 4.07. The molecule has 0 amide bonds. The van der Waals surface area contributed by atoms with Crippen molar-refractivity contribution < 1.29 is 19.0 Å². The predicted octanol–water partition coefficient (Wildman–Crippen LogP) is 5.01. The SMILES string of the molecule is CCOC(=O)c1sc2nc3c(c(-c4ccc(OCC)c(OC)c4)c2c1N)CCCC3. The van der Waals surface area contributed by atoms with E-state index < -0.39 is 5.97 Å². The summed E-state index contributed by atoms with van der Waals surface area (Å²) in [6, 6.07) is 5.93. The number of anilines is 1. The van der Waals surface area contributed by atoms with E-state index in [9.17, 15) is 4.79 Å². The Bertz CT molecular complexity index is 1110. The van der Waals surface area contributed by atoms with Crippen LogP contribution < -0.4 is 15.2 Å². The van der Waals surface area contributed by atoms with Gasteiger partial charge in [-0.2, -0.15) is 0 Å². The van der Waals surface area contributed by atoms with Gasteiger partial charge in [0.1, 0.15) is 9.71 Å². The molecule has 2 N–H and O–H groups in total. The zero-order valence-corrected chi connectivity index (χ0v) is 18.4. The number of hydrogen-bond donors (Lipinski definition) is 1. The lowest BCUT2D eigenvalue weighted by atomic mass is 9.87. The van der Waals surface area contributed by atoms with Gasteiger partial charge in [-0.1, -0.05) is 6.07 Å². The number of thiophene rings is 1. The van der Waals surface area contributed by atoms with Crippen LogP contribution in [0.3, 0.4) is 0 Å². The van der Waals surface area contributed by atoms with Crippen molar-refractivity contribution in [3.05, 3.63) is 34.3 Å². The highest BCUT2D eigenvalue weighted by atomic mass is 32.1. The van der Waals surface area contributed by atoms with Gasteiger partial charge in [-0.15, -0.1) is 11.3 Å². The van der Waals surface area contributed by atoms with Gasteiger partial charge in [0.25, 0.3) is 0 Å². The number of aryl methyl sites for hydroxylation is 1. The molecule has 6 nitrogen and oxygen atoms in total. The van der Waals surface area contributed by atoms with Crippen molar-refractivity contribution in [2.24, 2.45) is 0 Å². The molecule has 7 heteroatoms. The molecular weight excluding hydrogens is 400 g/mol. The van der Waals surface area contributed by atoms with E-state index in [1.54, 1.807) is 14.0 Å². The van der Waals surface area contributed by atoms with E-state index in [-0.39, 0.29) is 0 Å². The molecular formula is C23H26N2O4S. The van der Waals surface area contributed by atoms with E-state index in [4.69, 9.17) is 24.9 Å². The van der Waals surface area contributed by atoms with Gasteiger partial charge in [-0.05, 0) is 68.4 Å². The van der Waals surface area contributed by atoms with Crippen LogP contribution in [-0.2, 0) is 17.6 Å². The third-order valence-electron chi connectivity index (χ3n) is 5.37. The smallest absolute Gasteiger partial charge is 0.350 e. The number of ether oxygens (including phenoxy) is 3. The molecule has 0 saturated heterocycles. The Morgan fingerprint density at radius 3 is 2.70 bits per heavy atom. The van der Waals surface area contributed by atoms with Crippen molar-refractivity contribution in [3.63, 3.8) is 0 Å². The van der Waals surface area contributed by atoms with Gasteiger partial charge in [0, 0.05) is 11.1 Å².